The lowest BCUT2D eigenvalue weighted by Gasteiger charge is -2.39. The van der Waals surface area contributed by atoms with E-state index in [4.69, 9.17) is 0 Å². The van der Waals surface area contributed by atoms with Crippen LogP contribution in [0.25, 0.3) is 10.9 Å². The standard InChI is InChI=1S/C21H22F5N3O/c1-12-4-5-14(22)9-16(12)19(2,3)11-20(30,21(24,25)26)28-10-15-8-13-6-7-27-18(23)17(13)29-15/h4-9,28-30H,10-11H2,1-3H3. The number of halogens is 5. The molecular formula is C21H22F5N3O. The van der Waals surface area contributed by atoms with Gasteiger partial charge in [0, 0.05) is 30.2 Å². The van der Waals surface area contributed by atoms with Crippen molar-refractivity contribution < 1.29 is 27.1 Å². The van der Waals surface area contributed by atoms with Crippen LogP contribution in [0, 0.1) is 18.7 Å². The summed E-state index contributed by atoms with van der Waals surface area (Å²) in [7, 11) is 0. The van der Waals surface area contributed by atoms with Crippen molar-refractivity contribution in [2.24, 2.45) is 0 Å². The van der Waals surface area contributed by atoms with Gasteiger partial charge in [-0.05, 0) is 47.7 Å². The Labute approximate surface area is 170 Å². The molecule has 1 atom stereocenters. The number of aromatic nitrogens is 2. The fraction of sp³-hybridized carbons (Fsp3) is 0.381. The van der Waals surface area contributed by atoms with Gasteiger partial charge in [0.1, 0.15) is 11.3 Å². The Kier molecular flexibility index (Phi) is 5.64. The molecule has 1 unspecified atom stereocenters. The summed E-state index contributed by atoms with van der Waals surface area (Å²) in [6.45, 7) is 4.29. The third-order valence-electron chi connectivity index (χ3n) is 5.22. The van der Waals surface area contributed by atoms with Crippen molar-refractivity contribution in [1.29, 1.82) is 0 Å². The number of hydrogen-bond donors (Lipinski definition) is 3. The first-order chi connectivity index (χ1) is 13.8. The van der Waals surface area contributed by atoms with E-state index in [1.165, 1.54) is 50.4 Å². The summed E-state index contributed by atoms with van der Waals surface area (Å²) in [5.74, 6) is -1.34. The Morgan fingerprint density at radius 3 is 2.43 bits per heavy atom. The Balaban J connectivity index is 1.88. The number of nitrogens with one attached hydrogen (secondary N) is 2. The lowest BCUT2D eigenvalue weighted by atomic mass is 9.75. The van der Waals surface area contributed by atoms with Crippen molar-refractivity contribution in [3.05, 3.63) is 65.1 Å². The van der Waals surface area contributed by atoms with Crippen LogP contribution in [0.3, 0.4) is 0 Å². The lowest BCUT2D eigenvalue weighted by Crippen LogP contribution is -2.59. The van der Waals surface area contributed by atoms with Crippen molar-refractivity contribution in [3.8, 4) is 0 Å². The average molecular weight is 427 g/mol. The highest BCUT2D eigenvalue weighted by molar-refractivity contribution is 5.79. The first kappa shape index (κ1) is 22.2. The predicted octanol–water partition coefficient (Wildman–Crippen LogP) is 4.86. The molecule has 2 aromatic heterocycles. The summed E-state index contributed by atoms with van der Waals surface area (Å²) < 4.78 is 68.9. The molecule has 3 rings (SSSR count). The minimum absolute atomic E-state index is 0.0700. The molecule has 1 aromatic carbocycles. The van der Waals surface area contributed by atoms with Gasteiger partial charge in [-0.25, -0.2) is 9.37 Å². The summed E-state index contributed by atoms with van der Waals surface area (Å²) in [6, 6.07) is 6.89. The molecule has 0 saturated carbocycles. The number of aliphatic hydroxyl groups is 1. The van der Waals surface area contributed by atoms with E-state index >= 15 is 0 Å². The number of H-pyrrole nitrogens is 1. The van der Waals surface area contributed by atoms with Crippen LogP contribution >= 0.6 is 0 Å². The van der Waals surface area contributed by atoms with Gasteiger partial charge in [0.15, 0.2) is 0 Å². The van der Waals surface area contributed by atoms with Gasteiger partial charge >= 0.3 is 6.18 Å². The predicted molar refractivity (Wildman–Crippen MR) is 103 cm³/mol. The van der Waals surface area contributed by atoms with Gasteiger partial charge in [0.05, 0.1) is 0 Å². The van der Waals surface area contributed by atoms with Crippen LogP contribution in [0.2, 0.25) is 0 Å². The second-order valence-corrected chi connectivity index (χ2v) is 8.09. The lowest BCUT2D eigenvalue weighted by molar-refractivity contribution is -0.280. The summed E-state index contributed by atoms with van der Waals surface area (Å²) in [4.78, 5) is 6.16. The van der Waals surface area contributed by atoms with E-state index in [9.17, 15) is 27.1 Å². The molecule has 0 fully saturated rings. The third-order valence-corrected chi connectivity index (χ3v) is 5.22. The van der Waals surface area contributed by atoms with E-state index in [1.54, 1.807) is 6.92 Å². The number of aryl methyl sites for hydroxylation is 1. The van der Waals surface area contributed by atoms with E-state index in [-0.39, 0.29) is 11.2 Å². The van der Waals surface area contributed by atoms with Crippen LogP contribution in [0.1, 0.15) is 37.1 Å². The van der Waals surface area contributed by atoms with Crippen LogP contribution in [0.5, 0.6) is 0 Å². The number of nitrogens with zero attached hydrogens (tertiary/aromatic N) is 1. The van der Waals surface area contributed by atoms with E-state index in [1.807, 2.05) is 0 Å². The number of pyridine rings is 1. The average Bonchev–Trinajstić information content (AvgIpc) is 3.05. The zero-order chi connectivity index (χ0) is 22.3. The van der Waals surface area contributed by atoms with Crippen LogP contribution < -0.4 is 5.32 Å². The van der Waals surface area contributed by atoms with E-state index in [2.05, 4.69) is 15.3 Å². The van der Waals surface area contributed by atoms with E-state index in [0.29, 0.717) is 16.5 Å². The molecule has 4 nitrogen and oxygen atoms in total. The number of aromatic amines is 1. The maximum Gasteiger partial charge on any atom is 0.431 e. The Morgan fingerprint density at radius 2 is 1.80 bits per heavy atom. The van der Waals surface area contributed by atoms with Gasteiger partial charge in [-0.1, -0.05) is 19.9 Å². The first-order valence-electron chi connectivity index (χ1n) is 9.25. The van der Waals surface area contributed by atoms with Crippen molar-refractivity contribution in [2.75, 3.05) is 0 Å². The minimum Gasteiger partial charge on any atom is -0.368 e. The Morgan fingerprint density at radius 1 is 1.10 bits per heavy atom. The summed E-state index contributed by atoms with van der Waals surface area (Å²) in [6.07, 6.45) is -4.52. The second kappa shape index (κ2) is 7.63. The van der Waals surface area contributed by atoms with E-state index in [0.717, 1.165) is 0 Å². The largest absolute Gasteiger partial charge is 0.431 e. The number of hydrogen-bond acceptors (Lipinski definition) is 3. The molecule has 0 radical (unpaired) electrons. The molecule has 162 valence electrons. The molecule has 0 bridgehead atoms. The summed E-state index contributed by atoms with van der Waals surface area (Å²) >= 11 is 0. The number of alkyl halides is 3. The molecule has 9 heteroatoms. The van der Waals surface area contributed by atoms with Gasteiger partial charge in [0.25, 0.3) is 0 Å². The number of rotatable bonds is 6. The zero-order valence-corrected chi connectivity index (χ0v) is 16.7. The maximum absolute atomic E-state index is 13.8. The van der Waals surface area contributed by atoms with E-state index < -0.39 is 42.0 Å². The number of benzene rings is 1. The Hall–Kier alpha value is -2.52. The van der Waals surface area contributed by atoms with Crippen molar-refractivity contribution in [1.82, 2.24) is 15.3 Å². The molecule has 0 aliphatic heterocycles. The van der Waals surface area contributed by atoms with Crippen molar-refractivity contribution >= 4 is 10.9 Å². The topological polar surface area (TPSA) is 60.9 Å². The first-order valence-corrected chi connectivity index (χ1v) is 9.25. The molecule has 3 aromatic rings. The van der Waals surface area contributed by atoms with Crippen LogP contribution in [-0.4, -0.2) is 27.0 Å². The fourth-order valence-electron chi connectivity index (χ4n) is 3.74. The smallest absolute Gasteiger partial charge is 0.368 e. The second-order valence-electron chi connectivity index (χ2n) is 8.09. The molecule has 0 amide bonds. The number of fused-ring (bicyclic) bond motifs is 1. The van der Waals surface area contributed by atoms with Crippen molar-refractivity contribution in [2.45, 2.75) is 51.1 Å². The molecule has 30 heavy (non-hydrogen) atoms. The quantitative estimate of drug-likeness (QED) is 0.299. The molecule has 3 N–H and O–H groups in total. The molecule has 2 heterocycles. The van der Waals surface area contributed by atoms with Gasteiger partial charge in [-0.15, -0.1) is 0 Å². The van der Waals surface area contributed by atoms with Crippen LogP contribution in [-0.2, 0) is 12.0 Å². The van der Waals surface area contributed by atoms with Gasteiger partial charge in [-0.3, -0.25) is 5.32 Å². The van der Waals surface area contributed by atoms with Crippen LogP contribution in [0.15, 0.2) is 36.5 Å². The van der Waals surface area contributed by atoms with Gasteiger partial charge < -0.3 is 10.1 Å². The summed E-state index contributed by atoms with van der Waals surface area (Å²) in [5.41, 5.74) is -3.17. The highest BCUT2D eigenvalue weighted by Gasteiger charge is 2.56. The molecular weight excluding hydrogens is 405 g/mol. The highest BCUT2D eigenvalue weighted by Crippen LogP contribution is 2.41. The third kappa shape index (κ3) is 4.32. The molecule has 0 aliphatic rings. The van der Waals surface area contributed by atoms with Crippen molar-refractivity contribution in [3.63, 3.8) is 0 Å². The maximum atomic E-state index is 13.8. The SMILES string of the molecule is Cc1ccc(F)cc1C(C)(C)CC(O)(NCc1cc2ccnc(F)c2[nH]1)C(F)(F)F. The molecule has 0 aliphatic carbocycles. The summed E-state index contributed by atoms with van der Waals surface area (Å²) in [5, 5.41) is 13.2. The highest BCUT2D eigenvalue weighted by atomic mass is 19.4. The fourth-order valence-corrected chi connectivity index (χ4v) is 3.74. The monoisotopic (exact) mass is 427 g/mol. The van der Waals surface area contributed by atoms with Gasteiger partial charge in [0.2, 0.25) is 11.7 Å². The zero-order valence-electron chi connectivity index (χ0n) is 16.7. The van der Waals surface area contributed by atoms with Crippen LogP contribution in [0.4, 0.5) is 22.0 Å². The molecule has 0 spiro atoms. The minimum atomic E-state index is -5.01. The Bertz CT molecular complexity index is 1060. The molecule has 0 saturated heterocycles. The normalized spacial score (nSPS) is 14.8. The van der Waals surface area contributed by atoms with Gasteiger partial charge in [-0.2, -0.15) is 17.6 Å².